The zero-order valence-corrected chi connectivity index (χ0v) is 23.9. The number of carbonyl (C=O) groups excluding carboxylic acids is 3. The number of nitrogens with one attached hydrogen (secondary N) is 4. The largest absolute Gasteiger partial charge is 0.480 e. The molecule has 0 aliphatic carbocycles. The molecule has 15 N–H and O–H groups in total. The number of H-pyrrole nitrogens is 1. The highest BCUT2D eigenvalue weighted by atomic mass is 32.2. The van der Waals surface area contributed by atoms with Gasteiger partial charge in [0, 0.05) is 31.4 Å². The summed E-state index contributed by atoms with van der Waals surface area (Å²) >= 11 is 1.44. The van der Waals surface area contributed by atoms with Crippen molar-refractivity contribution >= 4 is 47.4 Å². The van der Waals surface area contributed by atoms with Crippen LogP contribution in [-0.2, 0) is 25.6 Å². The van der Waals surface area contributed by atoms with Crippen LogP contribution in [0.5, 0.6) is 0 Å². The fourth-order valence-electron chi connectivity index (χ4n) is 3.56. The number of aromatic amines is 1. The Morgan fingerprint density at radius 3 is 2.00 bits per heavy atom. The Balaban J connectivity index is 3.05. The molecule has 0 saturated carbocycles. The summed E-state index contributed by atoms with van der Waals surface area (Å²) in [6, 6.07) is -4.37. The minimum atomic E-state index is -1.20. The third kappa shape index (κ3) is 14.8. The van der Waals surface area contributed by atoms with E-state index in [1.165, 1.54) is 24.3 Å². The van der Waals surface area contributed by atoms with Crippen LogP contribution in [0.1, 0.15) is 37.8 Å². The van der Waals surface area contributed by atoms with Crippen molar-refractivity contribution in [1.82, 2.24) is 25.9 Å². The fraction of sp³-hybridized carbons (Fsp3) is 0.609. The molecule has 4 unspecified atom stereocenters. The second-order valence-electron chi connectivity index (χ2n) is 9.09. The fourth-order valence-corrected chi connectivity index (χ4v) is 4.04. The normalized spacial score (nSPS) is 13.6. The van der Waals surface area contributed by atoms with Crippen molar-refractivity contribution in [2.75, 3.05) is 25.1 Å². The summed E-state index contributed by atoms with van der Waals surface area (Å²) in [5.41, 5.74) is 27.8. The predicted octanol–water partition coefficient (Wildman–Crippen LogP) is -3.32. The quantitative estimate of drug-likeness (QED) is 0.0400. The first-order valence-corrected chi connectivity index (χ1v) is 14.3. The van der Waals surface area contributed by atoms with Gasteiger partial charge in [-0.2, -0.15) is 11.8 Å². The first-order chi connectivity index (χ1) is 19.4. The molecule has 1 aromatic rings. The zero-order valence-electron chi connectivity index (χ0n) is 23.0. The highest BCUT2D eigenvalue weighted by molar-refractivity contribution is 7.98. The molecule has 1 heterocycles. The molecule has 0 aliphatic heterocycles. The summed E-state index contributed by atoms with van der Waals surface area (Å²) in [5.74, 6) is -2.86. The molecule has 18 heteroatoms. The molecule has 17 nitrogen and oxygen atoms in total. The van der Waals surface area contributed by atoms with Crippen LogP contribution < -0.4 is 44.6 Å². The third-order valence-electron chi connectivity index (χ3n) is 5.72. The van der Waals surface area contributed by atoms with Crippen LogP contribution in [0.4, 0.5) is 0 Å². The van der Waals surface area contributed by atoms with Crippen molar-refractivity contribution in [3.8, 4) is 0 Å². The van der Waals surface area contributed by atoms with Crippen LogP contribution >= 0.6 is 11.8 Å². The number of carboxylic acid groups (broad SMARTS) is 1. The topological polar surface area (TPSA) is 308 Å². The number of aliphatic carboxylic acids is 1. The van der Waals surface area contributed by atoms with Gasteiger partial charge >= 0.3 is 5.97 Å². The van der Waals surface area contributed by atoms with E-state index in [1.54, 1.807) is 0 Å². The highest BCUT2D eigenvalue weighted by Crippen LogP contribution is 2.07. The number of rotatable bonds is 20. The number of carboxylic acids is 1. The number of thioether (sulfide) groups is 1. The minimum Gasteiger partial charge on any atom is -0.480 e. The Kier molecular flexibility index (Phi) is 16.3. The standard InChI is InChI=1S/C23H42N12O5S/c1-41-9-6-16(21(39)40)34-20(38)17(10-13-11-29-12-32-13)35-19(37)15(5-3-8-31-23(27)28)33-18(36)14(24)4-2-7-30-22(25)26/h11-12,14-17H,2-10,24H2,1H3,(H,29,32)(H,33,36)(H,34,38)(H,35,37)(H,39,40)(H4,25,26,30)(H4,27,28,31). The van der Waals surface area contributed by atoms with E-state index in [1.807, 2.05) is 6.26 Å². The summed E-state index contributed by atoms with van der Waals surface area (Å²) < 4.78 is 0. The van der Waals surface area contributed by atoms with Gasteiger partial charge < -0.3 is 54.7 Å². The lowest BCUT2D eigenvalue weighted by atomic mass is 10.1. The number of amides is 3. The van der Waals surface area contributed by atoms with E-state index in [4.69, 9.17) is 28.7 Å². The van der Waals surface area contributed by atoms with Gasteiger partial charge in [-0.05, 0) is 44.1 Å². The van der Waals surface area contributed by atoms with Crippen LogP contribution in [0.3, 0.4) is 0 Å². The van der Waals surface area contributed by atoms with E-state index >= 15 is 0 Å². The lowest BCUT2D eigenvalue weighted by Crippen LogP contribution is -2.57. The number of imidazole rings is 1. The maximum absolute atomic E-state index is 13.4. The monoisotopic (exact) mass is 598 g/mol. The average Bonchev–Trinajstić information content (AvgIpc) is 3.42. The zero-order chi connectivity index (χ0) is 30.8. The predicted molar refractivity (Wildman–Crippen MR) is 157 cm³/mol. The minimum absolute atomic E-state index is 0.00852. The molecule has 1 aromatic heterocycles. The second kappa shape index (κ2) is 19.1. The Hall–Kier alpha value is -4.06. The Morgan fingerprint density at radius 2 is 1.46 bits per heavy atom. The van der Waals surface area contributed by atoms with E-state index in [2.05, 4.69) is 35.9 Å². The number of guanidine groups is 2. The van der Waals surface area contributed by atoms with Gasteiger partial charge in [0.2, 0.25) is 17.7 Å². The van der Waals surface area contributed by atoms with Gasteiger partial charge in [-0.3, -0.25) is 24.4 Å². The van der Waals surface area contributed by atoms with Crippen molar-refractivity contribution in [2.45, 2.75) is 62.7 Å². The lowest BCUT2D eigenvalue weighted by Gasteiger charge is -2.25. The molecule has 0 fully saturated rings. The van der Waals surface area contributed by atoms with E-state index < -0.39 is 47.9 Å². The first kappa shape index (κ1) is 35.0. The Bertz CT molecular complexity index is 1030. The molecular formula is C23H42N12O5S. The number of nitrogens with zero attached hydrogens (tertiary/aromatic N) is 3. The molecule has 0 aliphatic rings. The van der Waals surface area contributed by atoms with Gasteiger partial charge in [0.15, 0.2) is 11.9 Å². The maximum atomic E-state index is 13.4. The molecule has 0 spiro atoms. The third-order valence-corrected chi connectivity index (χ3v) is 6.36. The Morgan fingerprint density at radius 1 is 0.902 bits per heavy atom. The van der Waals surface area contributed by atoms with Crippen LogP contribution in [0, 0.1) is 0 Å². The molecule has 0 radical (unpaired) electrons. The molecule has 4 atom stereocenters. The summed E-state index contributed by atoms with van der Waals surface area (Å²) in [6.45, 7) is 0.477. The first-order valence-electron chi connectivity index (χ1n) is 12.9. The second-order valence-corrected chi connectivity index (χ2v) is 10.1. The van der Waals surface area contributed by atoms with Crippen molar-refractivity contribution in [3.05, 3.63) is 18.2 Å². The molecule has 0 aromatic carbocycles. The summed E-state index contributed by atoms with van der Waals surface area (Å²) in [7, 11) is 0. The number of carbonyl (C=O) groups is 4. The summed E-state index contributed by atoms with van der Waals surface area (Å²) in [5, 5.41) is 17.3. The van der Waals surface area contributed by atoms with Crippen molar-refractivity contribution < 1.29 is 24.3 Å². The van der Waals surface area contributed by atoms with Crippen LogP contribution in [0.25, 0.3) is 0 Å². The highest BCUT2D eigenvalue weighted by Gasteiger charge is 2.30. The van der Waals surface area contributed by atoms with E-state index in [0.29, 0.717) is 24.3 Å². The van der Waals surface area contributed by atoms with Crippen molar-refractivity contribution in [1.29, 1.82) is 0 Å². The molecule has 3 amide bonds. The molecule has 230 valence electrons. The number of hydrogen-bond donors (Lipinski definition) is 10. The van der Waals surface area contributed by atoms with E-state index in [0.717, 1.165) is 0 Å². The van der Waals surface area contributed by atoms with Crippen LogP contribution in [0.2, 0.25) is 0 Å². The number of aliphatic imine (C=N–C) groups is 2. The number of aromatic nitrogens is 2. The Labute approximate surface area is 242 Å². The number of nitrogens with two attached hydrogens (primary N) is 5. The van der Waals surface area contributed by atoms with Crippen molar-refractivity contribution in [3.63, 3.8) is 0 Å². The molecule has 1 rings (SSSR count). The van der Waals surface area contributed by atoms with E-state index in [9.17, 15) is 24.3 Å². The smallest absolute Gasteiger partial charge is 0.326 e. The molecule has 0 saturated heterocycles. The number of hydrogen-bond acceptors (Lipinski definition) is 9. The molecule has 41 heavy (non-hydrogen) atoms. The van der Waals surface area contributed by atoms with Gasteiger partial charge in [-0.25, -0.2) is 9.78 Å². The van der Waals surface area contributed by atoms with E-state index in [-0.39, 0.29) is 50.7 Å². The van der Waals surface area contributed by atoms with Gasteiger partial charge in [0.05, 0.1) is 12.4 Å². The SMILES string of the molecule is CSCCC(NC(=O)C(Cc1cnc[nH]1)NC(=O)C(CCCN=C(N)N)NC(=O)C(N)CCCN=C(N)N)C(=O)O. The van der Waals surface area contributed by atoms with Crippen LogP contribution in [0.15, 0.2) is 22.5 Å². The van der Waals surface area contributed by atoms with Crippen LogP contribution in [-0.4, -0.2) is 99.9 Å². The summed E-state index contributed by atoms with van der Waals surface area (Å²) in [4.78, 5) is 65.5. The summed E-state index contributed by atoms with van der Waals surface area (Å²) in [6.07, 6.45) is 6.02. The van der Waals surface area contributed by atoms with Gasteiger partial charge in [-0.15, -0.1) is 0 Å². The maximum Gasteiger partial charge on any atom is 0.326 e. The van der Waals surface area contributed by atoms with Gasteiger partial charge in [0.1, 0.15) is 18.1 Å². The van der Waals surface area contributed by atoms with Gasteiger partial charge in [-0.1, -0.05) is 0 Å². The van der Waals surface area contributed by atoms with Crippen molar-refractivity contribution in [2.24, 2.45) is 38.7 Å². The molecular weight excluding hydrogens is 556 g/mol. The average molecular weight is 599 g/mol. The lowest BCUT2D eigenvalue weighted by molar-refractivity contribution is -0.142. The molecule has 0 bridgehead atoms. The van der Waals surface area contributed by atoms with Gasteiger partial charge in [0.25, 0.3) is 0 Å².